The molecule has 0 saturated heterocycles. The second kappa shape index (κ2) is 8.53. The zero-order valence-corrected chi connectivity index (χ0v) is 13.7. The number of methoxy groups -OCH3 is 1. The van der Waals surface area contributed by atoms with Gasteiger partial charge in [-0.1, -0.05) is 18.2 Å². The van der Waals surface area contributed by atoms with Crippen LogP contribution in [0.1, 0.15) is 29.9 Å². The van der Waals surface area contributed by atoms with E-state index in [1.54, 1.807) is 19.2 Å². The molecule has 0 aliphatic rings. The monoisotopic (exact) mass is 317 g/mol. The molecule has 2 rings (SSSR count). The third-order valence-electron chi connectivity index (χ3n) is 3.90. The van der Waals surface area contributed by atoms with Crippen LogP contribution in [-0.2, 0) is 0 Å². The van der Waals surface area contributed by atoms with Gasteiger partial charge in [-0.05, 0) is 67.6 Å². The van der Waals surface area contributed by atoms with Crippen molar-refractivity contribution in [2.45, 2.75) is 25.7 Å². The average molecular weight is 317 g/mol. The van der Waals surface area contributed by atoms with Gasteiger partial charge < -0.3 is 15.2 Å². The van der Waals surface area contributed by atoms with Gasteiger partial charge in [0.2, 0.25) is 0 Å². The van der Waals surface area contributed by atoms with Crippen LogP contribution in [0.5, 0.6) is 11.5 Å². The Balaban J connectivity index is 1.85. The molecule has 0 saturated carbocycles. The molecular weight excluding hydrogens is 293 g/mol. The van der Waals surface area contributed by atoms with Crippen LogP contribution in [0.4, 0.5) is 4.39 Å². The molecule has 0 heterocycles. The van der Waals surface area contributed by atoms with Gasteiger partial charge in [0.25, 0.3) is 0 Å². The molecule has 0 bridgehead atoms. The topological polar surface area (TPSA) is 44.5 Å². The lowest BCUT2D eigenvalue weighted by molar-refractivity contribution is 0.282. The van der Waals surface area contributed by atoms with Crippen molar-refractivity contribution in [1.82, 2.24) is 0 Å². The molecule has 3 nitrogen and oxygen atoms in total. The third kappa shape index (κ3) is 4.96. The molecule has 0 spiro atoms. The van der Waals surface area contributed by atoms with Gasteiger partial charge in [-0.25, -0.2) is 4.39 Å². The van der Waals surface area contributed by atoms with Crippen LogP contribution in [0, 0.1) is 12.7 Å². The van der Waals surface area contributed by atoms with Gasteiger partial charge in [0.05, 0.1) is 13.7 Å². The van der Waals surface area contributed by atoms with E-state index < -0.39 is 0 Å². The maximum Gasteiger partial charge on any atom is 0.161 e. The van der Waals surface area contributed by atoms with Crippen LogP contribution in [0.25, 0.3) is 0 Å². The summed E-state index contributed by atoms with van der Waals surface area (Å²) < 4.78 is 24.1. The standard InChI is InChI=1S/C19H24FNO2/c1-14-5-10-18(19(12-14)22-2)23-11-3-4-16(13-21)15-6-8-17(20)9-7-15/h5-10,12,16H,3-4,11,13,21H2,1-2H3. The second-order valence-electron chi connectivity index (χ2n) is 5.63. The van der Waals surface area contributed by atoms with E-state index in [2.05, 4.69) is 0 Å². The van der Waals surface area contributed by atoms with Crippen molar-refractivity contribution in [3.8, 4) is 11.5 Å². The highest BCUT2D eigenvalue weighted by molar-refractivity contribution is 5.42. The summed E-state index contributed by atoms with van der Waals surface area (Å²) in [5.41, 5.74) is 8.05. The molecule has 2 aromatic rings. The van der Waals surface area contributed by atoms with Crippen LogP contribution < -0.4 is 15.2 Å². The van der Waals surface area contributed by atoms with Crippen molar-refractivity contribution in [2.75, 3.05) is 20.3 Å². The summed E-state index contributed by atoms with van der Waals surface area (Å²) in [5.74, 6) is 1.50. The van der Waals surface area contributed by atoms with Crippen LogP contribution in [0.15, 0.2) is 42.5 Å². The van der Waals surface area contributed by atoms with E-state index >= 15 is 0 Å². The Kier molecular flexibility index (Phi) is 6.41. The summed E-state index contributed by atoms with van der Waals surface area (Å²) in [6.45, 7) is 3.15. The number of halogens is 1. The summed E-state index contributed by atoms with van der Waals surface area (Å²) in [7, 11) is 1.64. The smallest absolute Gasteiger partial charge is 0.161 e. The molecule has 0 aliphatic carbocycles. The Morgan fingerprint density at radius 3 is 2.48 bits per heavy atom. The predicted octanol–water partition coefficient (Wildman–Crippen LogP) is 4.04. The first-order chi connectivity index (χ1) is 11.1. The lowest BCUT2D eigenvalue weighted by Crippen LogP contribution is -2.14. The Morgan fingerprint density at radius 1 is 1.09 bits per heavy atom. The SMILES string of the molecule is COc1cc(C)ccc1OCCCC(CN)c1ccc(F)cc1. The molecule has 124 valence electrons. The number of hydrogen-bond donors (Lipinski definition) is 1. The zero-order valence-electron chi connectivity index (χ0n) is 13.7. The number of rotatable bonds is 8. The highest BCUT2D eigenvalue weighted by atomic mass is 19.1. The number of nitrogens with two attached hydrogens (primary N) is 1. The Hall–Kier alpha value is -2.07. The minimum absolute atomic E-state index is 0.221. The van der Waals surface area contributed by atoms with Crippen LogP contribution >= 0.6 is 0 Å². The first-order valence-corrected chi connectivity index (χ1v) is 7.87. The zero-order chi connectivity index (χ0) is 16.7. The molecule has 2 N–H and O–H groups in total. The first kappa shape index (κ1) is 17.3. The van der Waals surface area contributed by atoms with E-state index in [0.29, 0.717) is 13.2 Å². The number of benzene rings is 2. The van der Waals surface area contributed by atoms with Crippen LogP contribution in [0.3, 0.4) is 0 Å². The van der Waals surface area contributed by atoms with Crippen molar-refractivity contribution in [2.24, 2.45) is 5.73 Å². The van der Waals surface area contributed by atoms with Gasteiger partial charge in [-0.15, -0.1) is 0 Å². The fraction of sp³-hybridized carbons (Fsp3) is 0.368. The Labute approximate surface area is 137 Å². The average Bonchev–Trinajstić information content (AvgIpc) is 2.57. The minimum atomic E-state index is -0.223. The van der Waals surface area contributed by atoms with Gasteiger partial charge in [-0.2, -0.15) is 0 Å². The van der Waals surface area contributed by atoms with Crippen molar-refractivity contribution in [3.05, 3.63) is 59.4 Å². The quantitative estimate of drug-likeness (QED) is 0.747. The van der Waals surface area contributed by atoms with E-state index in [9.17, 15) is 4.39 Å². The van der Waals surface area contributed by atoms with Gasteiger partial charge in [-0.3, -0.25) is 0 Å². The normalized spacial score (nSPS) is 12.0. The molecule has 1 atom stereocenters. The molecular formula is C19H24FNO2. The second-order valence-corrected chi connectivity index (χ2v) is 5.63. The molecule has 0 fully saturated rings. The number of aryl methyl sites for hydroxylation is 1. The first-order valence-electron chi connectivity index (χ1n) is 7.87. The van der Waals surface area contributed by atoms with Crippen molar-refractivity contribution in [3.63, 3.8) is 0 Å². The van der Waals surface area contributed by atoms with E-state index in [1.165, 1.54) is 12.1 Å². The highest BCUT2D eigenvalue weighted by Gasteiger charge is 2.10. The van der Waals surface area contributed by atoms with Gasteiger partial charge in [0.1, 0.15) is 5.82 Å². The minimum Gasteiger partial charge on any atom is -0.493 e. The van der Waals surface area contributed by atoms with E-state index in [0.717, 1.165) is 35.5 Å². The summed E-state index contributed by atoms with van der Waals surface area (Å²) in [6.07, 6.45) is 1.77. The lowest BCUT2D eigenvalue weighted by Gasteiger charge is -2.16. The highest BCUT2D eigenvalue weighted by Crippen LogP contribution is 2.28. The molecule has 0 radical (unpaired) electrons. The van der Waals surface area contributed by atoms with Gasteiger partial charge in [0, 0.05) is 0 Å². The summed E-state index contributed by atoms with van der Waals surface area (Å²) >= 11 is 0. The maximum absolute atomic E-state index is 13.0. The fourth-order valence-corrected chi connectivity index (χ4v) is 2.56. The molecule has 0 amide bonds. The van der Waals surface area contributed by atoms with E-state index in [-0.39, 0.29) is 11.7 Å². The van der Waals surface area contributed by atoms with E-state index in [4.69, 9.17) is 15.2 Å². The van der Waals surface area contributed by atoms with E-state index in [1.807, 2.05) is 25.1 Å². The fourth-order valence-electron chi connectivity index (χ4n) is 2.56. The molecule has 1 unspecified atom stereocenters. The number of hydrogen-bond acceptors (Lipinski definition) is 3. The van der Waals surface area contributed by atoms with Crippen molar-refractivity contribution < 1.29 is 13.9 Å². The predicted molar refractivity (Wildman–Crippen MR) is 90.7 cm³/mol. The molecule has 0 aromatic heterocycles. The maximum atomic E-state index is 13.0. The molecule has 4 heteroatoms. The Bertz CT molecular complexity index is 613. The summed E-state index contributed by atoms with van der Waals surface area (Å²) in [4.78, 5) is 0. The van der Waals surface area contributed by atoms with Crippen LogP contribution in [-0.4, -0.2) is 20.3 Å². The van der Waals surface area contributed by atoms with Crippen LogP contribution in [0.2, 0.25) is 0 Å². The Morgan fingerprint density at radius 2 is 1.83 bits per heavy atom. The summed E-state index contributed by atoms with van der Waals surface area (Å²) in [5, 5.41) is 0. The molecule has 23 heavy (non-hydrogen) atoms. The van der Waals surface area contributed by atoms with Gasteiger partial charge in [0.15, 0.2) is 11.5 Å². The number of ether oxygens (including phenoxy) is 2. The van der Waals surface area contributed by atoms with Gasteiger partial charge >= 0.3 is 0 Å². The van der Waals surface area contributed by atoms with Crippen molar-refractivity contribution in [1.29, 1.82) is 0 Å². The molecule has 2 aromatic carbocycles. The third-order valence-corrected chi connectivity index (χ3v) is 3.90. The molecule has 0 aliphatic heterocycles. The van der Waals surface area contributed by atoms with Crippen molar-refractivity contribution >= 4 is 0 Å². The summed E-state index contributed by atoms with van der Waals surface area (Å²) in [6, 6.07) is 12.4. The lowest BCUT2D eigenvalue weighted by atomic mass is 9.94. The largest absolute Gasteiger partial charge is 0.493 e.